The third-order valence-corrected chi connectivity index (χ3v) is 5.02. The Hall–Kier alpha value is -2.89. The van der Waals surface area contributed by atoms with Gasteiger partial charge in [0.1, 0.15) is 17.4 Å². The van der Waals surface area contributed by atoms with Gasteiger partial charge in [-0.25, -0.2) is 8.78 Å². The number of aryl methyl sites for hydroxylation is 2. The fraction of sp³-hybridized carbons (Fsp3) is 0.250. The van der Waals surface area contributed by atoms with Crippen molar-refractivity contribution in [3.05, 3.63) is 88.5 Å². The molecular weight excluding hydrogens is 399 g/mol. The van der Waals surface area contributed by atoms with E-state index in [2.05, 4.69) is 0 Å². The summed E-state index contributed by atoms with van der Waals surface area (Å²) in [7, 11) is 0. The fourth-order valence-corrected chi connectivity index (χ4v) is 3.41. The summed E-state index contributed by atoms with van der Waals surface area (Å²) in [5.41, 5.74) is 0.969. The van der Waals surface area contributed by atoms with Crippen LogP contribution >= 0.6 is 0 Å². The van der Waals surface area contributed by atoms with Crippen LogP contribution in [0.25, 0.3) is 11.1 Å². The minimum atomic E-state index is -4.44. The second-order valence-electron chi connectivity index (χ2n) is 7.19. The molecule has 0 unspecified atom stereocenters. The van der Waals surface area contributed by atoms with Gasteiger partial charge in [0.15, 0.2) is 0 Å². The molecule has 0 radical (unpaired) electrons. The maximum absolute atomic E-state index is 15.1. The second-order valence-corrected chi connectivity index (χ2v) is 7.19. The van der Waals surface area contributed by atoms with Gasteiger partial charge in [-0.1, -0.05) is 49.7 Å². The molecule has 3 aromatic rings. The highest BCUT2D eigenvalue weighted by Gasteiger charge is 2.30. The van der Waals surface area contributed by atoms with Crippen molar-refractivity contribution in [2.45, 2.75) is 38.8 Å². The quantitative estimate of drug-likeness (QED) is 0.422. The number of alkyl halides is 3. The lowest BCUT2D eigenvalue weighted by Crippen LogP contribution is -2.05. The van der Waals surface area contributed by atoms with Gasteiger partial charge in [0.05, 0.1) is 11.1 Å². The molecule has 0 aliphatic rings. The molecule has 0 aromatic heterocycles. The van der Waals surface area contributed by atoms with Crippen LogP contribution in [0.4, 0.5) is 22.0 Å². The Morgan fingerprint density at radius 2 is 1.37 bits per heavy atom. The SMILES string of the molecule is CCCc1ccc(-c2c(O)cc(F)c(CCc3ccc(C(F)(F)F)cc3)c2F)cc1. The maximum atomic E-state index is 15.1. The van der Waals surface area contributed by atoms with E-state index in [0.29, 0.717) is 11.1 Å². The molecule has 0 fully saturated rings. The highest BCUT2D eigenvalue weighted by atomic mass is 19.4. The molecule has 3 aromatic carbocycles. The molecule has 0 spiro atoms. The van der Waals surface area contributed by atoms with Crippen LogP contribution in [0, 0.1) is 11.6 Å². The van der Waals surface area contributed by atoms with Crippen molar-refractivity contribution in [3.8, 4) is 16.9 Å². The monoisotopic (exact) mass is 420 g/mol. The summed E-state index contributed by atoms with van der Waals surface area (Å²) >= 11 is 0. The maximum Gasteiger partial charge on any atom is 0.416 e. The van der Waals surface area contributed by atoms with Gasteiger partial charge in [-0.3, -0.25) is 0 Å². The van der Waals surface area contributed by atoms with Gasteiger partial charge in [-0.05, 0) is 48.1 Å². The van der Waals surface area contributed by atoms with E-state index in [-0.39, 0.29) is 24.0 Å². The fourth-order valence-electron chi connectivity index (χ4n) is 3.41. The van der Waals surface area contributed by atoms with E-state index >= 15 is 4.39 Å². The molecule has 3 rings (SSSR count). The molecule has 30 heavy (non-hydrogen) atoms. The molecule has 0 aliphatic heterocycles. The van der Waals surface area contributed by atoms with E-state index in [4.69, 9.17) is 0 Å². The number of phenols is 1. The van der Waals surface area contributed by atoms with Crippen LogP contribution in [0.5, 0.6) is 5.75 Å². The Kier molecular flexibility index (Phi) is 6.44. The summed E-state index contributed by atoms with van der Waals surface area (Å²) in [5, 5.41) is 10.1. The average molecular weight is 420 g/mol. The topological polar surface area (TPSA) is 20.2 Å². The summed E-state index contributed by atoms with van der Waals surface area (Å²) in [6.45, 7) is 2.04. The Morgan fingerprint density at radius 3 is 1.93 bits per heavy atom. The van der Waals surface area contributed by atoms with Crippen LogP contribution in [0.3, 0.4) is 0 Å². The van der Waals surface area contributed by atoms with Crippen LogP contribution in [-0.4, -0.2) is 5.11 Å². The molecule has 0 bridgehead atoms. The normalized spacial score (nSPS) is 11.7. The Bertz CT molecular complexity index is 1010. The van der Waals surface area contributed by atoms with E-state index in [1.54, 1.807) is 12.1 Å². The van der Waals surface area contributed by atoms with Crippen molar-refractivity contribution < 1.29 is 27.1 Å². The molecule has 0 saturated carbocycles. The number of phenolic OH excluding ortho intramolecular Hbond substituents is 1. The van der Waals surface area contributed by atoms with E-state index in [1.807, 2.05) is 19.1 Å². The van der Waals surface area contributed by atoms with Gasteiger partial charge < -0.3 is 5.11 Å². The van der Waals surface area contributed by atoms with E-state index in [9.17, 15) is 22.7 Å². The van der Waals surface area contributed by atoms with Crippen molar-refractivity contribution >= 4 is 0 Å². The molecule has 0 aliphatic carbocycles. The van der Waals surface area contributed by atoms with Crippen molar-refractivity contribution in [2.75, 3.05) is 0 Å². The van der Waals surface area contributed by atoms with E-state index in [1.165, 1.54) is 12.1 Å². The van der Waals surface area contributed by atoms with Gasteiger partial charge in [0.2, 0.25) is 0 Å². The molecule has 0 atom stereocenters. The first kappa shape index (κ1) is 21.8. The number of aromatic hydroxyl groups is 1. The molecule has 158 valence electrons. The smallest absolute Gasteiger partial charge is 0.416 e. The second kappa shape index (κ2) is 8.86. The van der Waals surface area contributed by atoms with Gasteiger partial charge in [0, 0.05) is 11.6 Å². The molecule has 0 heterocycles. The van der Waals surface area contributed by atoms with Crippen LogP contribution < -0.4 is 0 Å². The molecule has 0 amide bonds. The zero-order chi connectivity index (χ0) is 21.9. The number of hydrogen-bond donors (Lipinski definition) is 1. The zero-order valence-electron chi connectivity index (χ0n) is 16.4. The van der Waals surface area contributed by atoms with Gasteiger partial charge >= 0.3 is 6.18 Å². The van der Waals surface area contributed by atoms with Crippen molar-refractivity contribution in [1.82, 2.24) is 0 Å². The highest BCUT2D eigenvalue weighted by Crippen LogP contribution is 2.36. The summed E-state index contributed by atoms with van der Waals surface area (Å²) in [5.74, 6) is -2.24. The third-order valence-electron chi connectivity index (χ3n) is 5.02. The molecule has 6 heteroatoms. The summed E-state index contributed by atoms with van der Waals surface area (Å²) < 4.78 is 67.4. The van der Waals surface area contributed by atoms with Crippen LogP contribution in [-0.2, 0) is 25.4 Å². The predicted molar refractivity (Wildman–Crippen MR) is 106 cm³/mol. The lowest BCUT2D eigenvalue weighted by molar-refractivity contribution is -0.137. The first-order chi connectivity index (χ1) is 14.2. The van der Waals surface area contributed by atoms with Gasteiger partial charge in [-0.2, -0.15) is 13.2 Å². The van der Waals surface area contributed by atoms with Crippen LogP contribution in [0.1, 0.15) is 35.6 Å². The van der Waals surface area contributed by atoms with Gasteiger partial charge in [0.25, 0.3) is 0 Å². The molecule has 1 nitrogen and oxygen atoms in total. The number of benzene rings is 3. The largest absolute Gasteiger partial charge is 0.507 e. The minimum Gasteiger partial charge on any atom is -0.507 e. The summed E-state index contributed by atoms with van der Waals surface area (Å²) in [4.78, 5) is 0. The zero-order valence-corrected chi connectivity index (χ0v) is 16.4. The number of rotatable bonds is 6. The van der Waals surface area contributed by atoms with Crippen LogP contribution in [0.2, 0.25) is 0 Å². The Morgan fingerprint density at radius 1 is 0.800 bits per heavy atom. The van der Waals surface area contributed by atoms with Gasteiger partial charge in [-0.15, -0.1) is 0 Å². The van der Waals surface area contributed by atoms with Crippen molar-refractivity contribution in [2.24, 2.45) is 0 Å². The first-order valence-corrected chi connectivity index (χ1v) is 9.66. The molecular formula is C24H21F5O. The van der Waals surface area contributed by atoms with E-state index < -0.39 is 29.1 Å². The Balaban J connectivity index is 1.86. The number of hydrogen-bond acceptors (Lipinski definition) is 1. The summed E-state index contributed by atoms with van der Waals surface area (Å²) in [6, 6.07) is 12.4. The predicted octanol–water partition coefficient (Wildman–Crippen LogP) is 7.09. The lowest BCUT2D eigenvalue weighted by Gasteiger charge is -2.13. The van der Waals surface area contributed by atoms with Crippen LogP contribution in [0.15, 0.2) is 54.6 Å². The lowest BCUT2D eigenvalue weighted by atomic mass is 9.95. The third kappa shape index (κ3) is 4.81. The summed E-state index contributed by atoms with van der Waals surface area (Å²) in [6.07, 6.45) is -2.49. The number of halogens is 5. The minimum absolute atomic E-state index is 0.0514. The molecule has 0 saturated heterocycles. The molecule has 1 N–H and O–H groups in total. The Labute approximate surface area is 171 Å². The van der Waals surface area contributed by atoms with Crippen molar-refractivity contribution in [1.29, 1.82) is 0 Å². The van der Waals surface area contributed by atoms with Crippen molar-refractivity contribution in [3.63, 3.8) is 0 Å². The first-order valence-electron chi connectivity index (χ1n) is 9.66. The highest BCUT2D eigenvalue weighted by molar-refractivity contribution is 5.72. The van der Waals surface area contributed by atoms with E-state index in [0.717, 1.165) is 36.6 Å². The average Bonchev–Trinajstić information content (AvgIpc) is 2.69. The standard InChI is InChI=1S/C24H21F5O/c1-2-3-15-4-9-17(10-5-15)22-21(30)14-20(25)19(23(22)26)13-8-16-6-11-18(12-7-16)24(27,28)29/h4-7,9-12,14,30H,2-3,8,13H2,1H3.